The van der Waals surface area contributed by atoms with Crippen molar-refractivity contribution >= 4 is 17.0 Å². The van der Waals surface area contributed by atoms with E-state index in [9.17, 15) is 4.79 Å². The number of aromatic nitrogens is 1. The van der Waals surface area contributed by atoms with Gasteiger partial charge in [0, 0.05) is 36.1 Å². The van der Waals surface area contributed by atoms with Gasteiger partial charge >= 0.3 is 6.09 Å². The molecule has 4 nitrogen and oxygen atoms in total. The standard InChI is InChI=1S/C15H18N2O2/c1-10-3-4-13-12(9-10)11-5-7-17(15(18)19-2)8-6-14(11)16-13/h3-4,9,16H,5-8H2,1-2H3. The normalized spacial score (nSPS) is 15.2. The van der Waals surface area contributed by atoms with E-state index in [4.69, 9.17) is 4.74 Å². The highest BCUT2D eigenvalue weighted by molar-refractivity contribution is 5.85. The molecule has 1 amide bonds. The molecule has 1 aliphatic heterocycles. The number of hydrogen-bond donors (Lipinski definition) is 1. The number of aryl methyl sites for hydroxylation is 1. The summed E-state index contributed by atoms with van der Waals surface area (Å²) in [6, 6.07) is 6.48. The van der Waals surface area contributed by atoms with Crippen LogP contribution in [-0.4, -0.2) is 36.2 Å². The van der Waals surface area contributed by atoms with Crippen molar-refractivity contribution in [2.24, 2.45) is 0 Å². The second-order valence-corrected chi connectivity index (χ2v) is 5.09. The summed E-state index contributed by atoms with van der Waals surface area (Å²) in [5.41, 5.74) is 5.07. The van der Waals surface area contributed by atoms with E-state index in [0.29, 0.717) is 6.54 Å². The van der Waals surface area contributed by atoms with Crippen molar-refractivity contribution in [2.75, 3.05) is 20.2 Å². The number of hydrogen-bond acceptors (Lipinski definition) is 2. The summed E-state index contributed by atoms with van der Waals surface area (Å²) in [5.74, 6) is 0. The lowest BCUT2D eigenvalue weighted by atomic mass is 10.1. The van der Waals surface area contributed by atoms with Crippen molar-refractivity contribution in [3.63, 3.8) is 0 Å². The summed E-state index contributed by atoms with van der Waals surface area (Å²) in [7, 11) is 1.44. The van der Waals surface area contributed by atoms with Crippen molar-refractivity contribution < 1.29 is 9.53 Å². The van der Waals surface area contributed by atoms with Gasteiger partial charge in [0.1, 0.15) is 0 Å². The largest absolute Gasteiger partial charge is 0.453 e. The molecule has 1 aromatic carbocycles. The number of carbonyl (C=O) groups excluding carboxylic acids is 1. The average molecular weight is 258 g/mol. The first-order valence-corrected chi connectivity index (χ1v) is 6.62. The lowest BCUT2D eigenvalue weighted by molar-refractivity contribution is 0.125. The predicted octanol–water partition coefficient (Wildman–Crippen LogP) is 2.64. The molecule has 0 bridgehead atoms. The van der Waals surface area contributed by atoms with Crippen LogP contribution in [0.25, 0.3) is 10.9 Å². The van der Waals surface area contributed by atoms with Crippen LogP contribution < -0.4 is 0 Å². The molecule has 0 spiro atoms. The number of fused-ring (bicyclic) bond motifs is 3. The zero-order chi connectivity index (χ0) is 13.4. The molecule has 2 aromatic rings. The van der Waals surface area contributed by atoms with Gasteiger partial charge in [0.15, 0.2) is 0 Å². The SMILES string of the molecule is COC(=O)N1CCc2[nH]c3ccc(C)cc3c2CC1. The van der Waals surface area contributed by atoms with Gasteiger partial charge in [0.2, 0.25) is 0 Å². The molecule has 1 aliphatic rings. The molecule has 1 N–H and O–H groups in total. The molecule has 3 rings (SSSR count). The van der Waals surface area contributed by atoms with Crippen LogP contribution in [0.1, 0.15) is 16.8 Å². The molecule has 2 heterocycles. The van der Waals surface area contributed by atoms with Crippen LogP contribution in [0.2, 0.25) is 0 Å². The maximum absolute atomic E-state index is 11.6. The van der Waals surface area contributed by atoms with E-state index in [0.717, 1.165) is 19.4 Å². The lowest BCUT2D eigenvalue weighted by Crippen LogP contribution is -2.33. The highest BCUT2D eigenvalue weighted by Gasteiger charge is 2.21. The summed E-state index contributed by atoms with van der Waals surface area (Å²) in [6.07, 6.45) is 1.51. The van der Waals surface area contributed by atoms with Gasteiger partial charge in [-0.15, -0.1) is 0 Å². The van der Waals surface area contributed by atoms with Crippen molar-refractivity contribution in [2.45, 2.75) is 19.8 Å². The quantitative estimate of drug-likeness (QED) is 0.789. The van der Waals surface area contributed by atoms with Crippen LogP contribution in [0.15, 0.2) is 18.2 Å². The average Bonchev–Trinajstić information content (AvgIpc) is 2.62. The number of aromatic amines is 1. The van der Waals surface area contributed by atoms with Gasteiger partial charge < -0.3 is 14.6 Å². The van der Waals surface area contributed by atoms with Gasteiger partial charge in [-0.25, -0.2) is 4.79 Å². The molecule has 0 fully saturated rings. The number of carbonyl (C=O) groups is 1. The number of H-pyrrole nitrogens is 1. The summed E-state index contributed by atoms with van der Waals surface area (Å²) >= 11 is 0. The lowest BCUT2D eigenvalue weighted by Gasteiger charge is -2.18. The number of nitrogens with one attached hydrogen (secondary N) is 1. The molecule has 4 heteroatoms. The predicted molar refractivity (Wildman–Crippen MR) is 74.4 cm³/mol. The van der Waals surface area contributed by atoms with Gasteiger partial charge in [-0.1, -0.05) is 11.6 Å². The maximum atomic E-state index is 11.6. The Labute approximate surface area is 112 Å². The van der Waals surface area contributed by atoms with Crippen molar-refractivity contribution in [3.05, 3.63) is 35.0 Å². The van der Waals surface area contributed by atoms with Crippen molar-refractivity contribution in [1.29, 1.82) is 0 Å². The minimum atomic E-state index is -0.231. The van der Waals surface area contributed by atoms with Gasteiger partial charge in [-0.3, -0.25) is 0 Å². The summed E-state index contributed by atoms with van der Waals surface area (Å²) in [4.78, 5) is 16.9. The molecule has 0 radical (unpaired) electrons. The summed E-state index contributed by atoms with van der Waals surface area (Å²) < 4.78 is 4.80. The summed E-state index contributed by atoms with van der Waals surface area (Å²) in [6.45, 7) is 3.54. The zero-order valence-electron chi connectivity index (χ0n) is 11.3. The molecule has 1 aromatic heterocycles. The molecular weight excluding hydrogens is 240 g/mol. The van der Waals surface area contributed by atoms with E-state index in [1.165, 1.54) is 34.8 Å². The fraction of sp³-hybridized carbons (Fsp3) is 0.400. The van der Waals surface area contributed by atoms with E-state index < -0.39 is 0 Å². The Morgan fingerprint density at radius 3 is 2.89 bits per heavy atom. The van der Waals surface area contributed by atoms with Crippen LogP contribution >= 0.6 is 0 Å². The molecule has 0 atom stereocenters. The van der Waals surface area contributed by atoms with Gasteiger partial charge in [0.25, 0.3) is 0 Å². The minimum absolute atomic E-state index is 0.231. The number of ether oxygens (including phenoxy) is 1. The van der Waals surface area contributed by atoms with Crippen LogP contribution in [0.4, 0.5) is 4.79 Å². The number of methoxy groups -OCH3 is 1. The molecule has 0 aliphatic carbocycles. The Balaban J connectivity index is 1.96. The fourth-order valence-corrected chi connectivity index (χ4v) is 2.83. The highest BCUT2D eigenvalue weighted by Crippen LogP contribution is 2.26. The van der Waals surface area contributed by atoms with Crippen LogP contribution in [0, 0.1) is 6.92 Å². The van der Waals surface area contributed by atoms with Crippen LogP contribution in [0.3, 0.4) is 0 Å². The minimum Gasteiger partial charge on any atom is -0.453 e. The van der Waals surface area contributed by atoms with E-state index in [1.54, 1.807) is 4.90 Å². The van der Waals surface area contributed by atoms with E-state index >= 15 is 0 Å². The topological polar surface area (TPSA) is 45.3 Å². The monoisotopic (exact) mass is 258 g/mol. The molecule has 0 unspecified atom stereocenters. The van der Waals surface area contributed by atoms with Crippen molar-refractivity contribution in [1.82, 2.24) is 9.88 Å². The first-order chi connectivity index (χ1) is 9.19. The number of rotatable bonds is 0. The third-order valence-electron chi connectivity index (χ3n) is 3.85. The number of benzene rings is 1. The Morgan fingerprint density at radius 1 is 1.32 bits per heavy atom. The Morgan fingerprint density at radius 2 is 2.11 bits per heavy atom. The fourth-order valence-electron chi connectivity index (χ4n) is 2.83. The van der Waals surface area contributed by atoms with Crippen LogP contribution in [0.5, 0.6) is 0 Å². The smallest absolute Gasteiger partial charge is 0.409 e. The van der Waals surface area contributed by atoms with E-state index in [2.05, 4.69) is 30.1 Å². The maximum Gasteiger partial charge on any atom is 0.409 e. The first-order valence-electron chi connectivity index (χ1n) is 6.62. The van der Waals surface area contributed by atoms with Crippen LogP contribution in [-0.2, 0) is 17.6 Å². The van der Waals surface area contributed by atoms with Gasteiger partial charge in [-0.2, -0.15) is 0 Å². The highest BCUT2D eigenvalue weighted by atomic mass is 16.5. The summed E-state index contributed by atoms with van der Waals surface area (Å²) in [5, 5.41) is 1.29. The van der Waals surface area contributed by atoms with E-state index in [-0.39, 0.29) is 6.09 Å². The molecular formula is C15H18N2O2. The van der Waals surface area contributed by atoms with Crippen molar-refractivity contribution in [3.8, 4) is 0 Å². The molecule has 0 saturated carbocycles. The first kappa shape index (κ1) is 12.1. The third kappa shape index (κ3) is 2.07. The number of nitrogens with zero attached hydrogens (tertiary/aromatic N) is 1. The second-order valence-electron chi connectivity index (χ2n) is 5.09. The molecule has 100 valence electrons. The zero-order valence-corrected chi connectivity index (χ0v) is 11.3. The third-order valence-corrected chi connectivity index (χ3v) is 3.85. The molecule has 19 heavy (non-hydrogen) atoms. The van der Waals surface area contributed by atoms with Gasteiger partial charge in [0.05, 0.1) is 7.11 Å². The second kappa shape index (κ2) is 4.61. The number of amides is 1. The molecule has 0 saturated heterocycles. The Bertz CT molecular complexity index is 630. The Kier molecular flexibility index (Phi) is 2.93. The van der Waals surface area contributed by atoms with E-state index in [1.807, 2.05) is 0 Å². The van der Waals surface area contributed by atoms with Gasteiger partial charge in [-0.05, 0) is 31.0 Å². The Hall–Kier alpha value is -1.97.